The molecule has 10 heavy (non-hydrogen) atoms. The first-order chi connectivity index (χ1) is 4.41. The molecule has 0 atom stereocenters. The van der Waals surface area contributed by atoms with Crippen molar-refractivity contribution in [1.82, 2.24) is 0 Å². The second-order valence-electron chi connectivity index (χ2n) is 2.15. The summed E-state index contributed by atoms with van der Waals surface area (Å²) in [4.78, 5) is 4.01. The molecule has 0 aliphatic carbocycles. The van der Waals surface area contributed by atoms with Crippen molar-refractivity contribution in [3.8, 4) is 0 Å². The summed E-state index contributed by atoms with van der Waals surface area (Å²) in [5, 5.41) is 0. The summed E-state index contributed by atoms with van der Waals surface area (Å²) in [5.41, 5.74) is 0. The number of hydrogen-bond acceptors (Lipinski definition) is 1. The second kappa shape index (κ2) is 12.0. The van der Waals surface area contributed by atoms with Gasteiger partial charge in [-0.05, 0) is 19.6 Å². The van der Waals surface area contributed by atoms with Crippen LogP contribution >= 0.6 is 0 Å². The molecule has 0 aliphatic rings. The van der Waals surface area contributed by atoms with E-state index in [-0.39, 0.29) is 18.9 Å². The Kier molecular flexibility index (Phi) is 15.5. The van der Waals surface area contributed by atoms with E-state index in [1.54, 1.807) is 6.21 Å². The number of rotatable bonds is 5. The van der Waals surface area contributed by atoms with Gasteiger partial charge in [-0.1, -0.05) is 26.2 Å². The van der Waals surface area contributed by atoms with Gasteiger partial charge in [0.25, 0.3) is 0 Å². The van der Waals surface area contributed by atoms with E-state index in [1.807, 2.05) is 0 Å². The molecule has 55 valence electrons. The van der Waals surface area contributed by atoms with Crippen molar-refractivity contribution in [2.45, 2.75) is 32.6 Å². The molecule has 0 aromatic carbocycles. The summed E-state index contributed by atoms with van der Waals surface area (Å²) >= 11 is 0. The van der Waals surface area contributed by atoms with Crippen LogP contribution in [0.1, 0.15) is 32.6 Å². The molecule has 0 aliphatic heterocycles. The van der Waals surface area contributed by atoms with Gasteiger partial charge in [0.15, 0.2) is 0 Å². The number of unbranched alkanes of at least 4 members (excludes halogenated alkanes) is 3. The summed E-state index contributed by atoms with van der Waals surface area (Å²) in [5.74, 6) is 0. The average Bonchev–Trinajstić information content (AvgIpc) is 1.89. The average molecular weight is 134 g/mol. The molecule has 0 aromatic rings. The van der Waals surface area contributed by atoms with Crippen LogP contribution in [0.5, 0.6) is 0 Å². The first kappa shape index (κ1) is 12.9. The minimum atomic E-state index is 0. The van der Waals surface area contributed by atoms with Gasteiger partial charge in [-0.3, -0.25) is 4.99 Å². The summed E-state index contributed by atoms with van der Waals surface area (Å²) in [6.45, 7) is 6.69. The molecule has 1 nitrogen and oxygen atoms in total. The molecule has 0 amide bonds. The molecular formula is C8H17LiN. The predicted octanol–water partition coefficient (Wildman–Crippen LogP) is 1.82. The van der Waals surface area contributed by atoms with Crippen LogP contribution in [0.2, 0.25) is 0 Å². The fourth-order valence-electron chi connectivity index (χ4n) is 0.721. The van der Waals surface area contributed by atoms with E-state index in [1.165, 1.54) is 25.7 Å². The van der Waals surface area contributed by atoms with Crippen molar-refractivity contribution < 1.29 is 0 Å². The number of hydrogen-bond donors (Lipinski definition) is 0. The van der Waals surface area contributed by atoms with E-state index in [0.717, 1.165) is 6.54 Å². The fraction of sp³-hybridized carbons (Fsp3) is 0.750. The molecule has 2 heteroatoms. The molecule has 0 unspecified atom stereocenters. The van der Waals surface area contributed by atoms with Gasteiger partial charge in [0.1, 0.15) is 0 Å². The first-order valence-electron chi connectivity index (χ1n) is 3.69. The van der Waals surface area contributed by atoms with Gasteiger partial charge in [0.05, 0.1) is 0 Å². The second-order valence-corrected chi connectivity index (χ2v) is 2.15. The summed E-state index contributed by atoms with van der Waals surface area (Å²) < 4.78 is 0. The first-order valence-corrected chi connectivity index (χ1v) is 3.69. The van der Waals surface area contributed by atoms with Crippen LogP contribution in [0.15, 0.2) is 4.99 Å². The molecule has 0 aromatic heterocycles. The third-order valence-electron chi connectivity index (χ3n) is 1.27. The monoisotopic (exact) mass is 134 g/mol. The zero-order valence-corrected chi connectivity index (χ0v) is 6.27. The van der Waals surface area contributed by atoms with E-state index in [4.69, 9.17) is 0 Å². The maximum absolute atomic E-state index is 4.01. The van der Waals surface area contributed by atoms with Crippen molar-refractivity contribution >= 4 is 25.1 Å². The van der Waals surface area contributed by atoms with Crippen LogP contribution in [0, 0.1) is 6.92 Å². The number of nitrogens with zero attached hydrogens (tertiary/aromatic N) is 1. The Bertz CT molecular complexity index is 71.7. The molecular weight excluding hydrogens is 117 g/mol. The van der Waals surface area contributed by atoms with E-state index in [0.29, 0.717) is 0 Å². The van der Waals surface area contributed by atoms with E-state index in [2.05, 4.69) is 18.8 Å². The molecule has 0 N–H and O–H groups in total. The van der Waals surface area contributed by atoms with Crippen molar-refractivity contribution in [2.24, 2.45) is 4.99 Å². The van der Waals surface area contributed by atoms with E-state index >= 15 is 0 Å². The SMILES string of the molecule is [CH2]C=NCCCCCC.[LiH]. The minimum absolute atomic E-state index is 0. The van der Waals surface area contributed by atoms with Crippen molar-refractivity contribution in [1.29, 1.82) is 0 Å². The number of aliphatic imine (C=N–C) groups is 1. The topological polar surface area (TPSA) is 12.4 Å². The van der Waals surface area contributed by atoms with Gasteiger partial charge in [-0.2, -0.15) is 0 Å². The standard InChI is InChI=1S/C8H16N.Li.H/c1-3-5-6-7-8-9-4-2;;/h4H,2-3,5-8H2,1H3;;. The van der Waals surface area contributed by atoms with Gasteiger partial charge in [-0.15, -0.1) is 0 Å². The predicted molar refractivity (Wildman–Crippen MR) is 50.0 cm³/mol. The molecule has 0 saturated heterocycles. The van der Waals surface area contributed by atoms with Gasteiger partial charge in [0.2, 0.25) is 0 Å². The van der Waals surface area contributed by atoms with Crippen LogP contribution in [0.4, 0.5) is 0 Å². The molecule has 0 saturated carbocycles. The third-order valence-corrected chi connectivity index (χ3v) is 1.27. The third kappa shape index (κ3) is 11.1. The molecule has 0 rings (SSSR count). The normalized spacial score (nSPS) is 9.80. The van der Waals surface area contributed by atoms with E-state index in [9.17, 15) is 0 Å². The zero-order valence-electron chi connectivity index (χ0n) is 6.27. The Morgan fingerprint density at radius 3 is 2.50 bits per heavy atom. The Balaban J connectivity index is 0. The van der Waals surface area contributed by atoms with Gasteiger partial charge in [0, 0.05) is 6.54 Å². The van der Waals surface area contributed by atoms with E-state index < -0.39 is 0 Å². The van der Waals surface area contributed by atoms with Gasteiger partial charge in [-0.25, -0.2) is 0 Å². The summed E-state index contributed by atoms with van der Waals surface area (Å²) in [7, 11) is 0. The summed E-state index contributed by atoms with van der Waals surface area (Å²) in [6, 6.07) is 0. The molecule has 0 fully saturated rings. The molecule has 0 spiro atoms. The quantitative estimate of drug-likeness (QED) is 0.309. The van der Waals surface area contributed by atoms with Crippen LogP contribution in [0.3, 0.4) is 0 Å². The molecule has 0 heterocycles. The zero-order chi connectivity index (χ0) is 6.95. The van der Waals surface area contributed by atoms with Crippen LogP contribution in [-0.2, 0) is 0 Å². The maximum atomic E-state index is 4.01. The molecule has 0 bridgehead atoms. The van der Waals surface area contributed by atoms with Crippen molar-refractivity contribution in [2.75, 3.05) is 6.54 Å². The Morgan fingerprint density at radius 1 is 1.30 bits per heavy atom. The summed E-state index contributed by atoms with van der Waals surface area (Å²) in [6.07, 6.45) is 6.81. The van der Waals surface area contributed by atoms with Crippen molar-refractivity contribution in [3.05, 3.63) is 6.92 Å². The Labute approximate surface area is 76.5 Å². The van der Waals surface area contributed by atoms with Gasteiger partial charge >= 0.3 is 18.9 Å². The molecule has 1 radical (unpaired) electrons. The van der Waals surface area contributed by atoms with Gasteiger partial charge < -0.3 is 0 Å². The van der Waals surface area contributed by atoms with Crippen LogP contribution < -0.4 is 0 Å². The van der Waals surface area contributed by atoms with Crippen LogP contribution in [0.25, 0.3) is 0 Å². The van der Waals surface area contributed by atoms with Crippen LogP contribution in [-0.4, -0.2) is 31.6 Å². The Hall–Kier alpha value is 0.267. The Morgan fingerprint density at radius 2 is 2.00 bits per heavy atom. The fourth-order valence-corrected chi connectivity index (χ4v) is 0.721. The van der Waals surface area contributed by atoms with Crippen molar-refractivity contribution in [3.63, 3.8) is 0 Å².